The molecule has 1 aliphatic heterocycles. The van der Waals surface area contributed by atoms with Gasteiger partial charge in [-0.05, 0) is 73.3 Å². The number of nitrogens with one attached hydrogen (secondary N) is 2. The van der Waals surface area contributed by atoms with Gasteiger partial charge < -0.3 is 15.0 Å². The number of rotatable bonds is 7. The van der Waals surface area contributed by atoms with Crippen LogP contribution in [0.15, 0.2) is 54.6 Å². The number of aromatic amines is 1. The highest BCUT2D eigenvalue weighted by Crippen LogP contribution is 2.59. The van der Waals surface area contributed by atoms with E-state index in [1.165, 1.54) is 16.6 Å². The smallest absolute Gasteiger partial charge is 0.223 e. The molecule has 0 bridgehead atoms. The summed E-state index contributed by atoms with van der Waals surface area (Å²) in [6, 6.07) is 18.7. The zero-order chi connectivity index (χ0) is 21.3. The summed E-state index contributed by atoms with van der Waals surface area (Å²) in [5.41, 5.74) is 3.86. The SMILES string of the molecule is COc1ccccc1CCNC(=O)C1CC12CCN(Cc1cc3ccccc3[nH]1)CC2. The Morgan fingerprint density at radius 3 is 2.74 bits per heavy atom. The van der Waals surface area contributed by atoms with Crippen molar-refractivity contribution in [3.05, 3.63) is 65.9 Å². The van der Waals surface area contributed by atoms with Gasteiger partial charge in [-0.2, -0.15) is 0 Å². The van der Waals surface area contributed by atoms with Crippen LogP contribution in [0.1, 0.15) is 30.5 Å². The Labute approximate surface area is 183 Å². The molecule has 162 valence electrons. The normalized spacial score (nSPS) is 20.1. The number of fused-ring (bicyclic) bond motifs is 1. The molecule has 0 radical (unpaired) electrons. The second-order valence-corrected chi connectivity index (χ2v) is 9.13. The fourth-order valence-corrected chi connectivity index (χ4v) is 5.24. The molecule has 3 aromatic rings. The van der Waals surface area contributed by atoms with E-state index >= 15 is 0 Å². The topological polar surface area (TPSA) is 57.4 Å². The molecule has 1 aliphatic carbocycles. The molecule has 31 heavy (non-hydrogen) atoms. The minimum absolute atomic E-state index is 0.195. The predicted molar refractivity (Wildman–Crippen MR) is 123 cm³/mol. The molecule has 1 spiro atoms. The summed E-state index contributed by atoms with van der Waals surface area (Å²) in [5, 5.41) is 4.44. The predicted octanol–water partition coefficient (Wildman–Crippen LogP) is 4.14. The van der Waals surface area contributed by atoms with Crippen LogP contribution in [0.25, 0.3) is 10.9 Å². The quantitative estimate of drug-likeness (QED) is 0.608. The van der Waals surface area contributed by atoms with Crippen LogP contribution in [0.3, 0.4) is 0 Å². The van der Waals surface area contributed by atoms with E-state index in [1.807, 2.05) is 18.2 Å². The van der Waals surface area contributed by atoms with Crippen LogP contribution >= 0.6 is 0 Å². The molecule has 1 aromatic heterocycles. The van der Waals surface area contributed by atoms with Crippen LogP contribution < -0.4 is 10.1 Å². The first-order valence-electron chi connectivity index (χ1n) is 11.4. The van der Waals surface area contributed by atoms with E-state index in [2.05, 4.69) is 51.6 Å². The molecule has 2 aliphatic rings. The molecule has 1 atom stereocenters. The fraction of sp³-hybridized carbons (Fsp3) is 0.423. The second-order valence-electron chi connectivity index (χ2n) is 9.13. The summed E-state index contributed by atoms with van der Waals surface area (Å²) < 4.78 is 5.40. The number of piperidine rings is 1. The average molecular weight is 418 g/mol. The summed E-state index contributed by atoms with van der Waals surface area (Å²) >= 11 is 0. The summed E-state index contributed by atoms with van der Waals surface area (Å²) in [4.78, 5) is 18.8. The van der Waals surface area contributed by atoms with E-state index < -0.39 is 0 Å². The van der Waals surface area contributed by atoms with E-state index in [9.17, 15) is 4.79 Å². The number of carbonyl (C=O) groups excluding carboxylic acids is 1. The Balaban J connectivity index is 1.09. The zero-order valence-electron chi connectivity index (χ0n) is 18.2. The van der Waals surface area contributed by atoms with Gasteiger partial charge in [0.25, 0.3) is 0 Å². The lowest BCUT2D eigenvalue weighted by atomic mass is 9.90. The lowest BCUT2D eigenvalue weighted by molar-refractivity contribution is -0.123. The number of H-pyrrole nitrogens is 1. The number of hydrogen-bond donors (Lipinski definition) is 2. The van der Waals surface area contributed by atoms with Crippen molar-refractivity contribution in [3.8, 4) is 5.75 Å². The lowest BCUT2D eigenvalue weighted by Gasteiger charge is -2.32. The van der Waals surface area contributed by atoms with Gasteiger partial charge in [0.05, 0.1) is 7.11 Å². The minimum atomic E-state index is 0.195. The number of likely N-dealkylation sites (tertiary alicyclic amines) is 1. The molecule has 5 rings (SSSR count). The van der Waals surface area contributed by atoms with Crippen molar-refractivity contribution < 1.29 is 9.53 Å². The Kier molecular flexibility index (Phi) is 5.45. The number of hydrogen-bond acceptors (Lipinski definition) is 3. The summed E-state index contributed by atoms with van der Waals surface area (Å²) in [5.74, 6) is 1.32. The molecule has 1 saturated carbocycles. The summed E-state index contributed by atoms with van der Waals surface area (Å²) in [6.45, 7) is 3.76. The van der Waals surface area contributed by atoms with Crippen molar-refractivity contribution >= 4 is 16.8 Å². The maximum Gasteiger partial charge on any atom is 0.223 e. The summed E-state index contributed by atoms with van der Waals surface area (Å²) in [7, 11) is 1.69. The van der Waals surface area contributed by atoms with Crippen LogP contribution in [0.4, 0.5) is 0 Å². The van der Waals surface area contributed by atoms with Crippen molar-refractivity contribution in [1.82, 2.24) is 15.2 Å². The van der Waals surface area contributed by atoms with E-state index in [0.717, 1.165) is 56.6 Å². The molecule has 2 aromatic carbocycles. The summed E-state index contributed by atoms with van der Waals surface area (Å²) in [6.07, 6.45) is 4.09. The molecular formula is C26H31N3O2. The van der Waals surface area contributed by atoms with Crippen LogP contribution in [0.2, 0.25) is 0 Å². The van der Waals surface area contributed by atoms with Gasteiger partial charge in [-0.15, -0.1) is 0 Å². The Hall–Kier alpha value is -2.79. The largest absolute Gasteiger partial charge is 0.496 e. The number of nitrogens with zero attached hydrogens (tertiary/aromatic N) is 1. The van der Waals surface area contributed by atoms with Gasteiger partial charge in [0.2, 0.25) is 5.91 Å². The number of benzene rings is 2. The van der Waals surface area contributed by atoms with E-state index in [1.54, 1.807) is 7.11 Å². The Morgan fingerprint density at radius 1 is 1.16 bits per heavy atom. The number of methoxy groups -OCH3 is 1. The third kappa shape index (κ3) is 4.19. The van der Waals surface area contributed by atoms with Crippen molar-refractivity contribution in [2.24, 2.45) is 11.3 Å². The molecular weight excluding hydrogens is 386 g/mol. The van der Waals surface area contributed by atoms with Crippen LogP contribution in [0.5, 0.6) is 5.75 Å². The van der Waals surface area contributed by atoms with Gasteiger partial charge in [-0.25, -0.2) is 0 Å². The first kappa shape index (κ1) is 20.1. The lowest BCUT2D eigenvalue weighted by Crippen LogP contribution is -2.37. The molecule has 2 heterocycles. The highest BCUT2D eigenvalue weighted by molar-refractivity contribution is 5.82. The highest BCUT2D eigenvalue weighted by Gasteiger charge is 2.58. The number of ether oxygens (including phenoxy) is 1. The molecule has 1 saturated heterocycles. The monoisotopic (exact) mass is 417 g/mol. The first-order chi connectivity index (χ1) is 15.2. The minimum Gasteiger partial charge on any atom is -0.496 e. The van der Waals surface area contributed by atoms with Gasteiger partial charge in [0.15, 0.2) is 0 Å². The van der Waals surface area contributed by atoms with Gasteiger partial charge >= 0.3 is 0 Å². The van der Waals surface area contributed by atoms with E-state index in [4.69, 9.17) is 4.74 Å². The molecule has 1 unspecified atom stereocenters. The maximum absolute atomic E-state index is 12.7. The highest BCUT2D eigenvalue weighted by atomic mass is 16.5. The number of amides is 1. The molecule has 2 N–H and O–H groups in total. The standard InChI is InChI=1S/C26H31N3O2/c1-31-24-9-5-3-6-19(24)10-13-27-25(30)22-17-26(22)11-14-29(15-12-26)18-21-16-20-7-2-4-8-23(20)28-21/h2-9,16,22,28H,10-15,17-18H2,1H3,(H,27,30). The third-order valence-electron chi connectivity index (χ3n) is 7.22. The molecule has 5 nitrogen and oxygen atoms in total. The van der Waals surface area contributed by atoms with E-state index in [0.29, 0.717) is 6.54 Å². The average Bonchev–Trinajstić information content (AvgIpc) is 3.34. The van der Waals surface area contributed by atoms with Crippen LogP contribution in [0, 0.1) is 11.3 Å². The third-order valence-corrected chi connectivity index (χ3v) is 7.22. The maximum atomic E-state index is 12.7. The Bertz CT molecular complexity index is 1030. The van der Waals surface area contributed by atoms with Crippen LogP contribution in [-0.2, 0) is 17.8 Å². The second kappa shape index (κ2) is 8.39. The van der Waals surface area contributed by atoms with E-state index in [-0.39, 0.29) is 17.2 Å². The van der Waals surface area contributed by atoms with Crippen molar-refractivity contribution in [2.75, 3.05) is 26.7 Å². The van der Waals surface area contributed by atoms with Crippen molar-refractivity contribution in [1.29, 1.82) is 0 Å². The first-order valence-corrected chi connectivity index (χ1v) is 11.4. The molecule has 2 fully saturated rings. The van der Waals surface area contributed by atoms with Crippen LogP contribution in [-0.4, -0.2) is 42.5 Å². The number of para-hydroxylation sites is 2. The van der Waals surface area contributed by atoms with Crippen molar-refractivity contribution in [3.63, 3.8) is 0 Å². The van der Waals surface area contributed by atoms with Gasteiger partial charge in [-0.3, -0.25) is 9.69 Å². The molecule has 1 amide bonds. The zero-order valence-corrected chi connectivity index (χ0v) is 18.2. The Morgan fingerprint density at radius 2 is 1.94 bits per heavy atom. The van der Waals surface area contributed by atoms with Gasteiger partial charge in [0, 0.05) is 30.2 Å². The number of carbonyl (C=O) groups is 1. The van der Waals surface area contributed by atoms with Crippen molar-refractivity contribution in [2.45, 2.75) is 32.2 Å². The fourth-order valence-electron chi connectivity index (χ4n) is 5.24. The van der Waals surface area contributed by atoms with Gasteiger partial charge in [-0.1, -0.05) is 36.4 Å². The number of aromatic nitrogens is 1. The van der Waals surface area contributed by atoms with Gasteiger partial charge in [0.1, 0.15) is 5.75 Å². The molecule has 5 heteroatoms.